The van der Waals surface area contributed by atoms with Gasteiger partial charge in [0, 0.05) is 21.1 Å². The van der Waals surface area contributed by atoms with E-state index in [1.807, 2.05) is 0 Å². The summed E-state index contributed by atoms with van der Waals surface area (Å²) in [6.45, 7) is 0. The molecule has 0 saturated heterocycles. The normalized spacial score (nSPS) is 6.29. The Labute approximate surface area is 126 Å². The van der Waals surface area contributed by atoms with Crippen molar-refractivity contribution in [3.05, 3.63) is 0 Å². The third kappa shape index (κ3) is 136. The maximum absolute atomic E-state index is 8.83. The number of carbonyl (C=O) groups is 4. The smallest absolute Gasteiger partial charge is 0.499 e. The molecule has 0 rings (SSSR count). The van der Waals surface area contributed by atoms with Crippen molar-refractivity contribution in [3.8, 4) is 0 Å². The molecule has 0 aliphatic carbocycles. The molecule has 0 aliphatic rings. The molecule has 0 aromatic rings. The molecule has 0 radical (unpaired) electrons. The molecule has 0 fully saturated rings. The van der Waals surface area contributed by atoms with Crippen molar-refractivity contribution < 1.29 is 101 Å². The van der Waals surface area contributed by atoms with Gasteiger partial charge in [0.05, 0.1) is 0 Å². The molecule has 0 spiro atoms. The molecule has 4 N–H and O–H groups in total. The summed E-state index contributed by atoms with van der Waals surface area (Å²) >= 11 is 0. The average molecular weight is 492 g/mol. The summed E-state index contributed by atoms with van der Waals surface area (Å²) in [5.41, 5.74) is 0. The molecule has 0 aromatic carbocycles. The van der Waals surface area contributed by atoms with E-state index in [2.05, 4.69) is 19.6 Å². The van der Waals surface area contributed by atoms with E-state index in [0.29, 0.717) is 0 Å². The molecular formula is C4H4O16W-4. The number of rotatable bonds is 0. The van der Waals surface area contributed by atoms with Gasteiger partial charge < -0.3 is 61.0 Å². The van der Waals surface area contributed by atoms with Crippen LogP contribution < -0.4 is 21.0 Å². The second kappa shape index (κ2) is 26.2. The van der Waals surface area contributed by atoms with Crippen LogP contribution in [0.1, 0.15) is 0 Å². The molecule has 17 heteroatoms. The van der Waals surface area contributed by atoms with E-state index in [1.54, 1.807) is 0 Å². The zero-order valence-corrected chi connectivity index (χ0v) is 12.0. The Morgan fingerprint density at radius 2 is 0.571 bits per heavy atom. The van der Waals surface area contributed by atoms with Gasteiger partial charge in [-0.3, -0.25) is 0 Å². The van der Waals surface area contributed by atoms with Crippen LogP contribution in [0.25, 0.3) is 0 Å². The minimum absolute atomic E-state index is 0. The van der Waals surface area contributed by atoms with Crippen molar-refractivity contribution in [2.75, 3.05) is 0 Å². The SMILES string of the molecule is O=C(O)O[O-].O=C(O)O[O-].O=C(O)O[O-].O=C(O)O[O-].[W]. The molecule has 126 valence electrons. The van der Waals surface area contributed by atoms with Gasteiger partial charge in [0.2, 0.25) is 0 Å². The summed E-state index contributed by atoms with van der Waals surface area (Å²) in [7, 11) is 0. The van der Waals surface area contributed by atoms with Crippen LogP contribution in [0.5, 0.6) is 0 Å². The second-order valence-electron chi connectivity index (χ2n) is 1.40. The predicted octanol–water partition coefficient (Wildman–Crippen LogP) is -4.18. The van der Waals surface area contributed by atoms with Crippen molar-refractivity contribution in [1.82, 2.24) is 0 Å². The van der Waals surface area contributed by atoms with Gasteiger partial charge in [-0.25, -0.2) is 19.2 Å². The molecule has 21 heavy (non-hydrogen) atoms. The van der Waals surface area contributed by atoms with Gasteiger partial charge in [-0.2, -0.15) is 0 Å². The fourth-order valence-electron chi connectivity index (χ4n) is 0. The summed E-state index contributed by atoms with van der Waals surface area (Å²) in [5, 5.41) is 62.9. The first-order valence-electron chi connectivity index (χ1n) is 3.19. The van der Waals surface area contributed by atoms with Crippen LogP contribution >= 0.6 is 0 Å². The van der Waals surface area contributed by atoms with Gasteiger partial charge in [0.1, 0.15) is 0 Å². The minimum atomic E-state index is -1.80. The largest absolute Gasteiger partial charge is 0.659 e. The van der Waals surface area contributed by atoms with Gasteiger partial charge in [-0.15, -0.1) is 0 Å². The first-order valence-corrected chi connectivity index (χ1v) is 3.19. The topological polar surface area (TPSA) is 278 Å². The molecule has 0 aromatic heterocycles. The number of hydrogen-bond acceptors (Lipinski definition) is 12. The monoisotopic (exact) mass is 492 g/mol. The van der Waals surface area contributed by atoms with Crippen molar-refractivity contribution in [1.29, 1.82) is 0 Å². The molecule has 0 atom stereocenters. The summed E-state index contributed by atoms with van der Waals surface area (Å²) < 4.78 is 0. The Balaban J connectivity index is -0.0000000533. The number of carboxylic acid groups (broad SMARTS) is 4. The number of hydrogen-bond donors (Lipinski definition) is 4. The van der Waals surface area contributed by atoms with Crippen LogP contribution in [0.4, 0.5) is 19.2 Å². The van der Waals surface area contributed by atoms with Crippen LogP contribution in [0, 0.1) is 0 Å². The maximum Gasteiger partial charge on any atom is 0.499 e. The second-order valence-corrected chi connectivity index (χ2v) is 1.40. The fraction of sp³-hybridized carbons (Fsp3) is 0. The maximum atomic E-state index is 8.83. The van der Waals surface area contributed by atoms with Gasteiger partial charge >= 0.3 is 24.6 Å². The van der Waals surface area contributed by atoms with Crippen LogP contribution in [0.2, 0.25) is 0 Å². The van der Waals surface area contributed by atoms with Crippen LogP contribution in [-0.4, -0.2) is 45.0 Å². The van der Waals surface area contributed by atoms with E-state index >= 15 is 0 Å². The minimum Gasteiger partial charge on any atom is -0.659 e. The zero-order valence-electron chi connectivity index (χ0n) is 9.10. The Kier molecular flexibility index (Phi) is 38.9. The quantitative estimate of drug-likeness (QED) is 0.184. The average Bonchev–Trinajstić information content (AvgIpc) is 2.40. The zero-order chi connectivity index (χ0) is 17.1. The molecule has 0 aliphatic heterocycles. The van der Waals surface area contributed by atoms with E-state index in [9.17, 15) is 0 Å². The summed E-state index contributed by atoms with van der Waals surface area (Å²) in [6.07, 6.45) is -7.20. The van der Waals surface area contributed by atoms with E-state index in [-0.39, 0.29) is 21.1 Å². The summed E-state index contributed by atoms with van der Waals surface area (Å²) in [6, 6.07) is 0. The Bertz CT molecular complexity index is 217. The molecular weight excluding hydrogens is 488 g/mol. The van der Waals surface area contributed by atoms with Gasteiger partial charge in [0.25, 0.3) is 0 Å². The Hall–Kier alpha value is -2.39. The third-order valence-electron chi connectivity index (χ3n) is 0.285. The van der Waals surface area contributed by atoms with Crippen molar-refractivity contribution in [2.45, 2.75) is 0 Å². The Morgan fingerprint density at radius 3 is 0.571 bits per heavy atom. The molecule has 0 bridgehead atoms. The van der Waals surface area contributed by atoms with E-state index in [4.69, 9.17) is 60.6 Å². The van der Waals surface area contributed by atoms with E-state index in [1.165, 1.54) is 0 Å². The fourth-order valence-corrected chi connectivity index (χ4v) is 0. The van der Waals surface area contributed by atoms with Gasteiger partial charge in [0.15, 0.2) is 0 Å². The van der Waals surface area contributed by atoms with Gasteiger partial charge in [-0.1, -0.05) is 0 Å². The first kappa shape index (κ1) is 31.2. The van der Waals surface area contributed by atoms with Crippen LogP contribution in [0.3, 0.4) is 0 Å². The summed E-state index contributed by atoms with van der Waals surface area (Å²) in [5.74, 6) is 0. The van der Waals surface area contributed by atoms with Gasteiger partial charge in [-0.05, 0) is 0 Å². The molecule has 0 amide bonds. The Morgan fingerprint density at radius 1 is 0.524 bits per heavy atom. The molecule has 0 heterocycles. The predicted molar refractivity (Wildman–Crippen MR) is 36.4 cm³/mol. The van der Waals surface area contributed by atoms with Crippen LogP contribution in [-0.2, 0) is 40.6 Å². The van der Waals surface area contributed by atoms with Crippen molar-refractivity contribution in [2.24, 2.45) is 0 Å². The third-order valence-corrected chi connectivity index (χ3v) is 0.285. The van der Waals surface area contributed by atoms with E-state index in [0.717, 1.165) is 0 Å². The standard InChI is InChI=1S/4CH2O4.W/c4*2-1(3)5-4;/h4*4H,(H,2,3);/p-4. The van der Waals surface area contributed by atoms with E-state index < -0.39 is 24.6 Å². The first-order chi connectivity index (χ1) is 9.08. The molecule has 16 nitrogen and oxygen atoms in total. The molecule has 0 unspecified atom stereocenters. The molecule has 0 saturated carbocycles. The van der Waals surface area contributed by atoms with Crippen LogP contribution in [0.15, 0.2) is 0 Å². The summed E-state index contributed by atoms with van der Waals surface area (Å²) in [4.78, 5) is 45.0. The van der Waals surface area contributed by atoms with Crippen molar-refractivity contribution in [3.63, 3.8) is 0 Å². The van der Waals surface area contributed by atoms with Crippen molar-refractivity contribution >= 4 is 24.6 Å².